The molecule has 0 aliphatic rings. The van der Waals surface area contributed by atoms with Crippen molar-refractivity contribution in [2.75, 3.05) is 5.32 Å². The summed E-state index contributed by atoms with van der Waals surface area (Å²) < 4.78 is 0. The molecule has 1 aromatic heterocycles. The smallest absolute Gasteiger partial charge is 0.339 e. The Morgan fingerprint density at radius 1 is 1.15 bits per heavy atom. The number of anilines is 2. The highest BCUT2D eigenvalue weighted by molar-refractivity contribution is 5.94. The largest absolute Gasteiger partial charge is 0.478 e. The molecular weight excluding hydrogens is 252 g/mol. The van der Waals surface area contributed by atoms with E-state index in [9.17, 15) is 9.90 Å². The number of nitrogens with one attached hydrogen (secondary N) is 1. The number of hydrogen-bond acceptors (Lipinski definition) is 3. The van der Waals surface area contributed by atoms with Crippen molar-refractivity contribution in [1.82, 2.24) is 4.98 Å². The molecule has 2 aromatic rings. The zero-order valence-electron chi connectivity index (χ0n) is 11.8. The molecule has 2 N–H and O–H groups in total. The number of carboxylic acid groups (broad SMARTS) is 1. The fourth-order valence-electron chi connectivity index (χ4n) is 2.07. The Balaban J connectivity index is 2.44. The van der Waals surface area contributed by atoms with Crippen LogP contribution in [0.5, 0.6) is 0 Å². The lowest BCUT2D eigenvalue weighted by molar-refractivity contribution is 0.0697. The van der Waals surface area contributed by atoms with Crippen LogP contribution in [0.15, 0.2) is 42.7 Å². The van der Waals surface area contributed by atoms with Gasteiger partial charge in [0.1, 0.15) is 5.56 Å². The predicted octanol–water partition coefficient (Wildman–Crippen LogP) is 3.82. The van der Waals surface area contributed by atoms with E-state index < -0.39 is 5.97 Å². The highest BCUT2D eigenvalue weighted by Crippen LogP contribution is 2.31. The average Bonchev–Trinajstić information content (AvgIpc) is 2.38. The molecule has 4 nitrogen and oxygen atoms in total. The molecule has 0 aliphatic carbocycles. The van der Waals surface area contributed by atoms with Gasteiger partial charge >= 0.3 is 5.97 Å². The van der Waals surface area contributed by atoms with Gasteiger partial charge in [-0.1, -0.05) is 39.0 Å². The lowest BCUT2D eigenvalue weighted by Gasteiger charge is -2.23. The minimum atomic E-state index is -0.992. The van der Waals surface area contributed by atoms with Gasteiger partial charge in [-0.15, -0.1) is 0 Å². The Kier molecular flexibility index (Phi) is 3.74. The van der Waals surface area contributed by atoms with Crippen molar-refractivity contribution < 1.29 is 9.90 Å². The van der Waals surface area contributed by atoms with Crippen LogP contribution in [0, 0.1) is 0 Å². The maximum absolute atomic E-state index is 11.2. The highest BCUT2D eigenvalue weighted by Gasteiger charge is 2.18. The van der Waals surface area contributed by atoms with Gasteiger partial charge < -0.3 is 10.4 Å². The molecule has 1 aromatic carbocycles. The number of aromatic carboxylic acids is 1. The molecule has 0 amide bonds. The molecule has 0 aliphatic heterocycles. The van der Waals surface area contributed by atoms with E-state index in [1.807, 2.05) is 24.3 Å². The topological polar surface area (TPSA) is 62.2 Å². The van der Waals surface area contributed by atoms with Crippen LogP contribution >= 0.6 is 0 Å². The molecule has 2 rings (SSSR count). The summed E-state index contributed by atoms with van der Waals surface area (Å²) >= 11 is 0. The number of aromatic nitrogens is 1. The quantitative estimate of drug-likeness (QED) is 0.890. The Bertz CT molecular complexity index is 630. The first kappa shape index (κ1) is 14.1. The number of pyridine rings is 1. The number of nitrogens with zero attached hydrogens (tertiary/aromatic N) is 1. The summed E-state index contributed by atoms with van der Waals surface area (Å²) in [5.41, 5.74) is 2.72. The number of rotatable bonds is 3. The van der Waals surface area contributed by atoms with E-state index in [0.29, 0.717) is 5.69 Å². The molecule has 104 valence electrons. The molecule has 0 spiro atoms. The summed E-state index contributed by atoms with van der Waals surface area (Å²) in [6.45, 7) is 6.37. The minimum absolute atomic E-state index is 0.0278. The van der Waals surface area contributed by atoms with Crippen molar-refractivity contribution in [3.63, 3.8) is 0 Å². The molecule has 0 atom stereocenters. The van der Waals surface area contributed by atoms with E-state index in [0.717, 1.165) is 11.3 Å². The van der Waals surface area contributed by atoms with Crippen molar-refractivity contribution in [1.29, 1.82) is 0 Å². The van der Waals surface area contributed by atoms with Crippen LogP contribution in [-0.2, 0) is 5.41 Å². The van der Waals surface area contributed by atoms with Gasteiger partial charge in [-0.3, -0.25) is 4.98 Å². The Morgan fingerprint density at radius 3 is 2.50 bits per heavy atom. The molecule has 4 heteroatoms. The molecule has 0 saturated heterocycles. The molecule has 0 bridgehead atoms. The first-order valence-corrected chi connectivity index (χ1v) is 6.43. The Morgan fingerprint density at radius 2 is 1.85 bits per heavy atom. The van der Waals surface area contributed by atoms with Crippen LogP contribution in [0.1, 0.15) is 36.7 Å². The van der Waals surface area contributed by atoms with Crippen molar-refractivity contribution in [2.24, 2.45) is 0 Å². The first-order chi connectivity index (χ1) is 9.39. The number of benzene rings is 1. The summed E-state index contributed by atoms with van der Waals surface area (Å²) in [7, 11) is 0. The van der Waals surface area contributed by atoms with Gasteiger partial charge in [0.05, 0.1) is 5.69 Å². The van der Waals surface area contributed by atoms with E-state index in [1.165, 1.54) is 6.20 Å². The third kappa shape index (κ3) is 2.96. The zero-order chi connectivity index (χ0) is 14.8. The molecule has 20 heavy (non-hydrogen) atoms. The van der Waals surface area contributed by atoms with Crippen LogP contribution in [-0.4, -0.2) is 16.1 Å². The van der Waals surface area contributed by atoms with Crippen molar-refractivity contribution in [2.45, 2.75) is 26.2 Å². The molecule has 0 fully saturated rings. The number of hydrogen-bond donors (Lipinski definition) is 2. The van der Waals surface area contributed by atoms with Crippen LogP contribution < -0.4 is 5.32 Å². The van der Waals surface area contributed by atoms with Crippen LogP contribution in [0.4, 0.5) is 11.4 Å². The SMILES string of the molecule is CC(C)(C)c1ccccc1Nc1ccncc1C(=O)O. The van der Waals surface area contributed by atoms with E-state index in [4.69, 9.17) is 0 Å². The lowest BCUT2D eigenvalue weighted by atomic mass is 9.86. The van der Waals surface area contributed by atoms with E-state index in [2.05, 4.69) is 31.1 Å². The maximum atomic E-state index is 11.2. The van der Waals surface area contributed by atoms with Gasteiger partial charge in [-0.05, 0) is 23.1 Å². The Labute approximate surface area is 118 Å². The van der Waals surface area contributed by atoms with Crippen LogP contribution in [0.3, 0.4) is 0 Å². The molecule has 0 unspecified atom stereocenters. The van der Waals surface area contributed by atoms with E-state index >= 15 is 0 Å². The normalized spacial score (nSPS) is 11.2. The third-order valence-corrected chi connectivity index (χ3v) is 3.06. The van der Waals surface area contributed by atoms with Crippen molar-refractivity contribution >= 4 is 17.3 Å². The van der Waals surface area contributed by atoms with Gasteiger partial charge in [0.2, 0.25) is 0 Å². The molecular formula is C16H18N2O2. The van der Waals surface area contributed by atoms with Gasteiger partial charge in [-0.25, -0.2) is 4.79 Å². The summed E-state index contributed by atoms with van der Waals surface area (Å²) in [5, 5.41) is 12.4. The summed E-state index contributed by atoms with van der Waals surface area (Å²) in [4.78, 5) is 15.1. The number of carboxylic acids is 1. The van der Waals surface area contributed by atoms with E-state index in [-0.39, 0.29) is 11.0 Å². The minimum Gasteiger partial charge on any atom is -0.478 e. The van der Waals surface area contributed by atoms with Crippen molar-refractivity contribution in [3.8, 4) is 0 Å². The Hall–Kier alpha value is -2.36. The average molecular weight is 270 g/mol. The maximum Gasteiger partial charge on any atom is 0.339 e. The summed E-state index contributed by atoms with van der Waals surface area (Å²) in [5.74, 6) is -0.992. The number of carbonyl (C=O) groups is 1. The second-order valence-corrected chi connectivity index (χ2v) is 5.65. The first-order valence-electron chi connectivity index (χ1n) is 6.43. The number of para-hydroxylation sites is 1. The highest BCUT2D eigenvalue weighted by atomic mass is 16.4. The van der Waals surface area contributed by atoms with Crippen LogP contribution in [0.25, 0.3) is 0 Å². The second kappa shape index (κ2) is 5.33. The lowest BCUT2D eigenvalue weighted by Crippen LogP contribution is -2.14. The molecule has 1 heterocycles. The van der Waals surface area contributed by atoms with Gasteiger partial charge in [0.25, 0.3) is 0 Å². The fourth-order valence-corrected chi connectivity index (χ4v) is 2.07. The van der Waals surface area contributed by atoms with E-state index in [1.54, 1.807) is 12.3 Å². The van der Waals surface area contributed by atoms with Gasteiger partial charge in [-0.2, -0.15) is 0 Å². The predicted molar refractivity (Wildman–Crippen MR) is 79.6 cm³/mol. The van der Waals surface area contributed by atoms with Crippen molar-refractivity contribution in [3.05, 3.63) is 53.9 Å². The van der Waals surface area contributed by atoms with Gasteiger partial charge in [0, 0.05) is 18.1 Å². The third-order valence-electron chi connectivity index (χ3n) is 3.06. The molecule has 0 saturated carbocycles. The standard InChI is InChI=1S/C16H18N2O2/c1-16(2,3)12-6-4-5-7-14(12)18-13-8-9-17-10-11(13)15(19)20/h4-10H,1-3H3,(H,17,18)(H,19,20). The van der Waals surface area contributed by atoms with Gasteiger partial charge in [0.15, 0.2) is 0 Å². The van der Waals surface area contributed by atoms with Crippen LogP contribution in [0.2, 0.25) is 0 Å². The molecule has 0 radical (unpaired) electrons. The second-order valence-electron chi connectivity index (χ2n) is 5.65. The summed E-state index contributed by atoms with van der Waals surface area (Å²) in [6.07, 6.45) is 2.93. The fraction of sp³-hybridized carbons (Fsp3) is 0.250. The monoisotopic (exact) mass is 270 g/mol. The summed E-state index contributed by atoms with van der Waals surface area (Å²) in [6, 6.07) is 9.58. The zero-order valence-corrected chi connectivity index (χ0v) is 11.8.